The number of hydrogen-bond acceptors (Lipinski definition) is 5. The molecule has 0 aromatic carbocycles. The van der Waals surface area contributed by atoms with Crippen molar-refractivity contribution in [3.63, 3.8) is 0 Å². The summed E-state index contributed by atoms with van der Waals surface area (Å²) in [5.74, 6) is -0.878. The molecule has 0 aliphatic heterocycles. The van der Waals surface area contributed by atoms with Gasteiger partial charge in [0, 0.05) is 7.11 Å². The lowest BCUT2D eigenvalue weighted by Crippen LogP contribution is -2.52. The normalized spacial score (nSPS) is 18.6. The van der Waals surface area contributed by atoms with Gasteiger partial charge in [-0.15, -0.1) is 0 Å². The minimum absolute atomic E-state index is 0.474. The van der Waals surface area contributed by atoms with Crippen LogP contribution in [0, 0.1) is 0 Å². The van der Waals surface area contributed by atoms with E-state index in [0.717, 1.165) is 0 Å². The molecule has 0 heterocycles. The van der Waals surface area contributed by atoms with E-state index in [9.17, 15) is 19.4 Å². The first-order valence-corrected chi connectivity index (χ1v) is 4.83. The van der Waals surface area contributed by atoms with Gasteiger partial charge in [-0.25, -0.2) is 4.39 Å². The summed E-state index contributed by atoms with van der Waals surface area (Å²) < 4.78 is 16.6. The van der Waals surface area contributed by atoms with Gasteiger partial charge in [0.2, 0.25) is 0 Å². The van der Waals surface area contributed by atoms with E-state index < -0.39 is 43.5 Å². The van der Waals surface area contributed by atoms with Crippen LogP contribution in [-0.4, -0.2) is 66.0 Å². The van der Waals surface area contributed by atoms with Gasteiger partial charge in [0.15, 0.2) is 6.67 Å². The van der Waals surface area contributed by atoms with E-state index >= 15 is 0 Å². The van der Waals surface area contributed by atoms with Gasteiger partial charge in [0.05, 0.1) is 12.6 Å². The number of rotatable bonds is 7. The summed E-state index contributed by atoms with van der Waals surface area (Å²) in [5.41, 5.74) is 0. The molecule has 0 radical (unpaired) electrons. The summed E-state index contributed by atoms with van der Waals surface area (Å²) >= 11 is 0. The maximum absolute atomic E-state index is 11.9. The third-order valence-electron chi connectivity index (χ3n) is 2.24. The second-order valence-electron chi connectivity index (χ2n) is 3.43. The highest BCUT2D eigenvalue weighted by Gasteiger charge is 2.30. The van der Waals surface area contributed by atoms with Gasteiger partial charge in [0.25, 0.3) is 5.91 Å². The number of nitrogens with one attached hydrogen (secondary N) is 1. The number of amides is 1. The van der Waals surface area contributed by atoms with E-state index in [1.165, 1.54) is 14.0 Å². The Morgan fingerprint density at radius 2 is 2.00 bits per heavy atom. The first-order chi connectivity index (χ1) is 7.47. The van der Waals surface area contributed by atoms with Crippen molar-refractivity contribution in [3.05, 3.63) is 0 Å². The van der Waals surface area contributed by atoms with Crippen LogP contribution in [0.1, 0.15) is 6.92 Å². The van der Waals surface area contributed by atoms with Crippen molar-refractivity contribution in [1.29, 1.82) is 0 Å². The lowest BCUT2D eigenvalue weighted by molar-refractivity contribution is -0.126. The Hall–Kier alpha value is -0.760. The van der Waals surface area contributed by atoms with E-state index in [2.05, 4.69) is 5.32 Å². The maximum Gasteiger partial charge on any atom is 0.251 e. The minimum atomic E-state index is -1.37. The number of methoxy groups -OCH3 is 1. The molecule has 1 amide bonds. The highest BCUT2D eigenvalue weighted by molar-refractivity contribution is 5.77. The molecule has 3 unspecified atom stereocenters. The Bertz CT molecular complexity index is 212. The molecule has 0 spiro atoms. The zero-order valence-electron chi connectivity index (χ0n) is 9.26. The average molecular weight is 239 g/mol. The molecule has 0 rings (SSSR count). The van der Waals surface area contributed by atoms with Crippen molar-refractivity contribution < 1.29 is 29.2 Å². The van der Waals surface area contributed by atoms with Crippen LogP contribution in [0.4, 0.5) is 4.39 Å². The van der Waals surface area contributed by atoms with Crippen molar-refractivity contribution in [2.75, 3.05) is 20.4 Å². The molecule has 0 fully saturated rings. The molecule has 16 heavy (non-hydrogen) atoms. The Morgan fingerprint density at radius 1 is 1.44 bits per heavy atom. The zero-order chi connectivity index (χ0) is 12.7. The van der Waals surface area contributed by atoms with E-state index in [-0.39, 0.29) is 0 Å². The molecule has 96 valence electrons. The molecule has 4 N–H and O–H groups in total. The van der Waals surface area contributed by atoms with Crippen LogP contribution < -0.4 is 5.32 Å². The second kappa shape index (κ2) is 7.50. The van der Waals surface area contributed by atoms with Gasteiger partial charge in [-0.1, -0.05) is 0 Å². The van der Waals surface area contributed by atoms with Crippen molar-refractivity contribution in [2.24, 2.45) is 0 Å². The second-order valence-corrected chi connectivity index (χ2v) is 3.43. The van der Waals surface area contributed by atoms with Crippen LogP contribution >= 0.6 is 0 Å². The van der Waals surface area contributed by atoms with Crippen LogP contribution in [-0.2, 0) is 9.53 Å². The predicted molar refractivity (Wildman–Crippen MR) is 53.5 cm³/mol. The fraction of sp³-hybridized carbons (Fsp3) is 0.889. The molecular formula is C9H18FNO5. The number of ether oxygens (including phenoxy) is 1. The SMILES string of the molecule is COC(CO)C(O)C(O)[C@H](C)NC(=O)CF. The van der Waals surface area contributed by atoms with Crippen LogP contribution in [0.15, 0.2) is 0 Å². The molecule has 0 saturated carbocycles. The van der Waals surface area contributed by atoms with Crippen LogP contribution in [0.3, 0.4) is 0 Å². The van der Waals surface area contributed by atoms with Crippen molar-refractivity contribution in [2.45, 2.75) is 31.3 Å². The minimum Gasteiger partial charge on any atom is -0.394 e. The highest BCUT2D eigenvalue weighted by Crippen LogP contribution is 2.07. The average Bonchev–Trinajstić information content (AvgIpc) is 2.29. The van der Waals surface area contributed by atoms with Gasteiger partial charge in [0.1, 0.15) is 18.3 Å². The monoisotopic (exact) mass is 239 g/mol. The van der Waals surface area contributed by atoms with Gasteiger partial charge in [-0.2, -0.15) is 0 Å². The van der Waals surface area contributed by atoms with E-state index in [0.29, 0.717) is 0 Å². The predicted octanol–water partition coefficient (Wildman–Crippen LogP) is -1.81. The van der Waals surface area contributed by atoms with Crippen LogP contribution in [0.25, 0.3) is 0 Å². The van der Waals surface area contributed by atoms with Gasteiger partial charge < -0.3 is 25.4 Å². The molecule has 0 aliphatic rings. The summed E-state index contributed by atoms with van der Waals surface area (Å²) in [5, 5.41) is 30.1. The third kappa shape index (κ3) is 4.40. The summed E-state index contributed by atoms with van der Waals surface area (Å²) in [6.07, 6.45) is -3.68. The Labute approximate surface area is 93.0 Å². The van der Waals surface area contributed by atoms with E-state index in [1.54, 1.807) is 0 Å². The first-order valence-electron chi connectivity index (χ1n) is 4.83. The molecule has 6 nitrogen and oxygen atoms in total. The Balaban J connectivity index is 4.29. The number of alkyl halides is 1. The molecule has 0 aromatic rings. The summed E-state index contributed by atoms with van der Waals surface area (Å²) in [7, 11) is 1.27. The summed E-state index contributed by atoms with van der Waals surface area (Å²) in [4.78, 5) is 10.7. The lowest BCUT2D eigenvalue weighted by Gasteiger charge is -2.28. The Morgan fingerprint density at radius 3 is 2.38 bits per heavy atom. The molecule has 4 atom stereocenters. The number of carbonyl (C=O) groups excluding carboxylic acids is 1. The zero-order valence-corrected chi connectivity index (χ0v) is 9.26. The molecule has 7 heteroatoms. The maximum atomic E-state index is 11.9. The topological polar surface area (TPSA) is 99.0 Å². The van der Waals surface area contributed by atoms with Crippen molar-refractivity contribution >= 4 is 5.91 Å². The summed E-state index contributed by atoms with van der Waals surface area (Å²) in [6, 6.07) is -0.845. The number of aliphatic hydroxyl groups is 3. The van der Waals surface area contributed by atoms with Crippen molar-refractivity contribution in [1.82, 2.24) is 5.32 Å². The van der Waals surface area contributed by atoms with E-state index in [4.69, 9.17) is 9.84 Å². The number of carbonyl (C=O) groups is 1. The molecule has 0 saturated heterocycles. The standard InChI is InChI=1S/C9H18FNO5/c1-5(11-7(13)3-10)8(14)9(15)6(4-12)16-2/h5-6,8-9,12,14-15H,3-4H2,1-2H3,(H,11,13)/t5-,6?,8?,9?/m0/s1. The molecule has 0 bridgehead atoms. The molecular weight excluding hydrogens is 221 g/mol. The number of halogens is 1. The number of aliphatic hydroxyl groups excluding tert-OH is 3. The molecule has 0 aliphatic carbocycles. The quantitative estimate of drug-likeness (QED) is 0.420. The highest BCUT2D eigenvalue weighted by atomic mass is 19.1. The summed E-state index contributed by atoms with van der Waals surface area (Å²) in [6.45, 7) is -0.259. The molecule has 0 aromatic heterocycles. The smallest absolute Gasteiger partial charge is 0.251 e. The first kappa shape index (κ1) is 15.2. The van der Waals surface area contributed by atoms with Gasteiger partial charge in [-0.05, 0) is 6.92 Å². The fourth-order valence-electron chi connectivity index (χ4n) is 1.22. The van der Waals surface area contributed by atoms with Crippen LogP contribution in [0.2, 0.25) is 0 Å². The third-order valence-corrected chi connectivity index (χ3v) is 2.24. The fourth-order valence-corrected chi connectivity index (χ4v) is 1.22. The van der Waals surface area contributed by atoms with Crippen LogP contribution in [0.5, 0.6) is 0 Å². The number of hydrogen-bond donors (Lipinski definition) is 4. The largest absolute Gasteiger partial charge is 0.394 e. The van der Waals surface area contributed by atoms with Gasteiger partial charge >= 0.3 is 0 Å². The lowest BCUT2D eigenvalue weighted by atomic mass is 10.0. The Kier molecular flexibility index (Phi) is 7.15. The van der Waals surface area contributed by atoms with Crippen molar-refractivity contribution in [3.8, 4) is 0 Å². The van der Waals surface area contributed by atoms with Gasteiger partial charge in [-0.3, -0.25) is 4.79 Å². The van der Waals surface area contributed by atoms with E-state index in [1.807, 2.05) is 0 Å².